The minimum Gasteiger partial charge on any atom is -0.378 e. The van der Waals surface area contributed by atoms with Crippen molar-refractivity contribution in [2.45, 2.75) is 12.8 Å². The summed E-state index contributed by atoms with van der Waals surface area (Å²) in [6.07, 6.45) is 1.66. The number of benzene rings is 1. The molecule has 38 heavy (non-hydrogen) atoms. The fourth-order valence-electron chi connectivity index (χ4n) is 4.45. The van der Waals surface area contributed by atoms with Crippen molar-refractivity contribution in [3.8, 4) is 11.4 Å². The highest BCUT2D eigenvalue weighted by atomic mass is 32.1. The Hall–Kier alpha value is -3.95. The second-order valence-corrected chi connectivity index (χ2v) is 10.0. The first-order valence-corrected chi connectivity index (χ1v) is 12.8. The van der Waals surface area contributed by atoms with Crippen LogP contribution in [0, 0.1) is 0 Å². The highest BCUT2D eigenvalue weighted by molar-refractivity contribution is 7.19. The van der Waals surface area contributed by atoms with Crippen molar-refractivity contribution in [3.63, 3.8) is 0 Å². The average molecular weight is 536 g/mol. The third-order valence-electron chi connectivity index (χ3n) is 6.34. The molecule has 0 radical (unpaired) electrons. The average Bonchev–Trinajstić information content (AvgIpc) is 3.54. The predicted molar refractivity (Wildman–Crippen MR) is 142 cm³/mol. The normalized spacial score (nSPS) is 14.9. The maximum absolute atomic E-state index is 12.0. The van der Waals surface area contributed by atoms with Crippen molar-refractivity contribution in [1.29, 1.82) is 0 Å². The van der Waals surface area contributed by atoms with E-state index in [0.717, 1.165) is 39.6 Å². The number of aromatic amines is 2. The number of imidazole rings is 1. The number of ether oxygens (including phenoxy) is 1. The van der Waals surface area contributed by atoms with Crippen LogP contribution >= 0.6 is 11.3 Å². The molecule has 1 aliphatic rings. The molecule has 0 amide bonds. The highest BCUT2D eigenvalue weighted by Gasteiger charge is 2.22. The molecule has 5 N–H and O–H groups in total. The number of aliphatic hydroxyl groups is 1. The van der Waals surface area contributed by atoms with Crippen LogP contribution in [0.25, 0.3) is 32.6 Å². The summed E-state index contributed by atoms with van der Waals surface area (Å²) in [6, 6.07) is 7.66. The number of hydroxylamine groups is 1. The third-order valence-corrected chi connectivity index (χ3v) is 7.44. The maximum atomic E-state index is 12.0. The smallest absolute Gasteiger partial charge is 0.323 e. The van der Waals surface area contributed by atoms with E-state index in [2.05, 4.69) is 24.8 Å². The Balaban J connectivity index is 1.38. The molecule has 196 valence electrons. The van der Waals surface area contributed by atoms with Gasteiger partial charge in [0.2, 0.25) is 5.95 Å². The molecule has 0 aliphatic carbocycles. The van der Waals surface area contributed by atoms with Gasteiger partial charge in [0.05, 0.1) is 41.0 Å². The molecule has 14 heteroatoms. The van der Waals surface area contributed by atoms with Crippen LogP contribution in [0.1, 0.15) is 16.7 Å². The molecule has 6 rings (SSSR count). The van der Waals surface area contributed by atoms with E-state index in [0.29, 0.717) is 48.1 Å². The summed E-state index contributed by atoms with van der Waals surface area (Å²) in [7, 11) is 1.88. The minimum absolute atomic E-state index is 0.278. The topological polar surface area (TPSA) is 168 Å². The van der Waals surface area contributed by atoms with E-state index in [1.807, 2.05) is 36.2 Å². The van der Waals surface area contributed by atoms with Crippen LogP contribution in [0.3, 0.4) is 0 Å². The highest BCUT2D eigenvalue weighted by Crippen LogP contribution is 2.36. The van der Waals surface area contributed by atoms with Crippen LogP contribution in [0.5, 0.6) is 0 Å². The Morgan fingerprint density at radius 2 is 2.00 bits per heavy atom. The number of thiophene rings is 1. The van der Waals surface area contributed by atoms with E-state index in [-0.39, 0.29) is 5.69 Å². The van der Waals surface area contributed by atoms with Gasteiger partial charge in [-0.1, -0.05) is 6.07 Å². The van der Waals surface area contributed by atoms with Crippen LogP contribution in [0.15, 0.2) is 41.5 Å². The molecule has 0 bridgehead atoms. The molecule has 1 saturated heterocycles. The number of H-pyrrole nitrogens is 2. The lowest BCUT2D eigenvalue weighted by Crippen LogP contribution is -2.36. The predicted octanol–water partition coefficient (Wildman–Crippen LogP) is 1.76. The van der Waals surface area contributed by atoms with Crippen molar-refractivity contribution in [1.82, 2.24) is 35.4 Å². The largest absolute Gasteiger partial charge is 0.378 e. The summed E-state index contributed by atoms with van der Waals surface area (Å²) in [6.45, 7) is 3.21. The van der Waals surface area contributed by atoms with Gasteiger partial charge in [-0.15, -0.1) is 11.3 Å². The number of nitrogens with zero attached hydrogens (tertiary/aromatic N) is 6. The summed E-state index contributed by atoms with van der Waals surface area (Å²) in [5.74, 6) is 1.85. The lowest BCUT2D eigenvalue weighted by molar-refractivity contribution is 0.000308. The van der Waals surface area contributed by atoms with Crippen molar-refractivity contribution >= 4 is 44.4 Å². The Bertz CT molecular complexity index is 1640. The van der Waals surface area contributed by atoms with Crippen molar-refractivity contribution in [2.75, 3.05) is 43.2 Å². The molecule has 13 nitrogen and oxygen atoms in total. The summed E-state index contributed by atoms with van der Waals surface area (Å²) < 4.78 is 6.54. The van der Waals surface area contributed by atoms with Gasteiger partial charge in [-0.2, -0.15) is 5.48 Å². The molecule has 1 atom stereocenters. The van der Waals surface area contributed by atoms with E-state index in [4.69, 9.17) is 19.9 Å². The number of hydrogen-bond acceptors (Lipinski definition) is 12. The molecule has 1 aliphatic heterocycles. The molecule has 1 aromatic carbocycles. The van der Waals surface area contributed by atoms with Gasteiger partial charge < -0.3 is 34.8 Å². The molecule has 1 unspecified atom stereocenters. The van der Waals surface area contributed by atoms with Gasteiger partial charge in [0, 0.05) is 48.5 Å². The first kappa shape index (κ1) is 24.4. The number of rotatable bonds is 7. The molecule has 4 aromatic heterocycles. The van der Waals surface area contributed by atoms with Crippen LogP contribution in [-0.2, 0) is 11.3 Å². The number of para-hydroxylation sites is 1. The van der Waals surface area contributed by atoms with Crippen LogP contribution in [0.2, 0.25) is 0 Å². The van der Waals surface area contributed by atoms with Crippen molar-refractivity contribution in [2.24, 2.45) is 0 Å². The fraction of sp³-hybridized carbons (Fsp3) is 0.292. The Morgan fingerprint density at radius 3 is 2.76 bits per heavy atom. The fourth-order valence-corrected chi connectivity index (χ4v) is 5.61. The van der Waals surface area contributed by atoms with Gasteiger partial charge in [-0.25, -0.2) is 24.7 Å². The molecule has 5 aromatic rings. The molecule has 0 spiro atoms. The standard InChI is InChI=1S/C24H25N9O4S/c1-32(23-25-10-13(11-26-23)22(34)31-36)12-14-9-17-19(38-14)21(33-5-7-37-8-6-33)30-20(27-17)15-3-2-4-16-18(15)29-24(35)28-16/h2-4,9-11,22,31,34,36H,5-8,12H2,1H3,(H2,28,29,35). The monoisotopic (exact) mass is 535 g/mol. The second-order valence-electron chi connectivity index (χ2n) is 8.91. The SMILES string of the molecule is CN(Cc1cc2nc(-c3cccc4[nH]c(=O)[nH]c34)nc(N3CCOCC3)c2s1)c1ncc(C(O)NO)cn1. The van der Waals surface area contributed by atoms with Crippen LogP contribution < -0.4 is 21.0 Å². The zero-order chi connectivity index (χ0) is 26.2. The number of aliphatic hydroxyl groups excluding tert-OH is 1. The van der Waals surface area contributed by atoms with Gasteiger partial charge in [0.15, 0.2) is 17.9 Å². The lowest BCUT2D eigenvalue weighted by Gasteiger charge is -2.28. The van der Waals surface area contributed by atoms with Gasteiger partial charge >= 0.3 is 5.69 Å². The number of nitrogens with one attached hydrogen (secondary N) is 3. The number of fused-ring (bicyclic) bond motifs is 2. The number of hydrogen-bond donors (Lipinski definition) is 5. The minimum atomic E-state index is -1.25. The van der Waals surface area contributed by atoms with Gasteiger partial charge in [0.25, 0.3) is 0 Å². The van der Waals surface area contributed by atoms with Gasteiger partial charge in [-0.3, -0.25) is 0 Å². The van der Waals surface area contributed by atoms with E-state index in [9.17, 15) is 9.90 Å². The van der Waals surface area contributed by atoms with Crippen molar-refractivity contribution in [3.05, 3.63) is 57.6 Å². The van der Waals surface area contributed by atoms with Crippen molar-refractivity contribution < 1.29 is 15.1 Å². The number of anilines is 2. The second kappa shape index (κ2) is 10.1. The first-order chi connectivity index (χ1) is 18.5. The molecule has 0 saturated carbocycles. The first-order valence-electron chi connectivity index (χ1n) is 12.0. The number of morpholine rings is 1. The Morgan fingerprint density at radius 1 is 1.21 bits per heavy atom. The zero-order valence-corrected chi connectivity index (χ0v) is 21.2. The van der Waals surface area contributed by atoms with E-state index >= 15 is 0 Å². The molecule has 5 heterocycles. The number of aromatic nitrogens is 6. The van der Waals surface area contributed by atoms with E-state index in [1.165, 1.54) is 12.4 Å². The van der Waals surface area contributed by atoms with Gasteiger partial charge in [0.1, 0.15) is 0 Å². The quantitative estimate of drug-likeness (QED) is 0.152. The maximum Gasteiger partial charge on any atom is 0.323 e. The van der Waals surface area contributed by atoms with E-state index in [1.54, 1.807) is 16.8 Å². The summed E-state index contributed by atoms with van der Waals surface area (Å²) >= 11 is 1.61. The van der Waals surface area contributed by atoms with Crippen LogP contribution in [0.4, 0.5) is 11.8 Å². The molecular weight excluding hydrogens is 510 g/mol. The zero-order valence-electron chi connectivity index (χ0n) is 20.4. The summed E-state index contributed by atoms with van der Waals surface area (Å²) in [4.78, 5) is 41.3. The Labute approximate surface area is 219 Å². The molecule has 1 fully saturated rings. The van der Waals surface area contributed by atoms with Gasteiger partial charge in [-0.05, 0) is 18.2 Å². The summed E-state index contributed by atoms with van der Waals surface area (Å²) in [5.41, 5.74) is 4.76. The third kappa shape index (κ3) is 4.59. The summed E-state index contributed by atoms with van der Waals surface area (Å²) in [5, 5.41) is 18.6. The Kier molecular flexibility index (Phi) is 6.47. The van der Waals surface area contributed by atoms with Crippen LogP contribution in [-0.4, -0.2) is 73.6 Å². The lowest BCUT2D eigenvalue weighted by atomic mass is 10.1. The van der Waals surface area contributed by atoms with E-state index < -0.39 is 6.23 Å². The molecular formula is C24H25N9O4S.